The quantitative estimate of drug-likeness (QED) is 0.913. The lowest BCUT2D eigenvalue weighted by Gasteiger charge is -2.12. The fourth-order valence-electron chi connectivity index (χ4n) is 1.74. The minimum absolute atomic E-state index is 0.156. The van der Waals surface area contributed by atoms with E-state index >= 15 is 0 Å². The fourth-order valence-corrected chi connectivity index (χ4v) is 2.34. The van der Waals surface area contributed by atoms with E-state index in [-0.39, 0.29) is 5.91 Å². The van der Waals surface area contributed by atoms with Gasteiger partial charge in [0.15, 0.2) is 0 Å². The van der Waals surface area contributed by atoms with Gasteiger partial charge in [0.05, 0.1) is 23.4 Å². The third kappa shape index (κ3) is 2.93. The van der Waals surface area contributed by atoms with Gasteiger partial charge >= 0.3 is 0 Å². The van der Waals surface area contributed by atoms with Gasteiger partial charge in [-0.1, -0.05) is 0 Å². The van der Waals surface area contributed by atoms with Gasteiger partial charge in [0.2, 0.25) is 5.95 Å². The molecule has 2 aromatic heterocycles. The summed E-state index contributed by atoms with van der Waals surface area (Å²) >= 11 is 1.47. The van der Waals surface area contributed by atoms with Crippen molar-refractivity contribution < 1.29 is 4.79 Å². The first-order valence-electron chi connectivity index (χ1n) is 5.87. The van der Waals surface area contributed by atoms with Gasteiger partial charge in [-0.2, -0.15) is 0 Å². The summed E-state index contributed by atoms with van der Waals surface area (Å²) in [5.74, 6) is 0.700. The maximum absolute atomic E-state index is 11.9. The Labute approximate surface area is 116 Å². The molecule has 19 heavy (non-hydrogen) atoms. The molecule has 1 N–H and O–H groups in total. The van der Waals surface area contributed by atoms with Crippen LogP contribution in [0.5, 0.6) is 0 Å². The number of nitrogens with one attached hydrogen (secondary N) is 1. The molecule has 0 aromatic carbocycles. The summed E-state index contributed by atoms with van der Waals surface area (Å²) in [6.07, 6.45) is 1.77. The molecular weight excluding hydrogens is 262 g/mol. The number of imidazole rings is 1. The molecule has 0 fully saturated rings. The van der Waals surface area contributed by atoms with E-state index in [1.54, 1.807) is 11.6 Å². The van der Waals surface area contributed by atoms with Gasteiger partial charge in [-0.15, -0.1) is 11.3 Å². The van der Waals surface area contributed by atoms with Crippen LogP contribution in [-0.4, -0.2) is 34.5 Å². The van der Waals surface area contributed by atoms with E-state index in [0.717, 1.165) is 16.6 Å². The van der Waals surface area contributed by atoms with Crippen LogP contribution in [0.15, 0.2) is 11.6 Å². The maximum Gasteiger partial charge on any atom is 0.271 e. The van der Waals surface area contributed by atoms with Crippen molar-refractivity contribution in [2.45, 2.75) is 13.5 Å². The van der Waals surface area contributed by atoms with E-state index in [0.29, 0.717) is 12.2 Å². The van der Waals surface area contributed by atoms with Gasteiger partial charge < -0.3 is 14.8 Å². The second kappa shape index (κ2) is 5.40. The molecule has 102 valence electrons. The number of anilines is 1. The Kier molecular flexibility index (Phi) is 3.84. The molecule has 0 unspecified atom stereocenters. The predicted octanol–water partition coefficient (Wildman–Crippen LogP) is 1.18. The smallest absolute Gasteiger partial charge is 0.271 e. The predicted molar refractivity (Wildman–Crippen MR) is 75.6 cm³/mol. The lowest BCUT2D eigenvalue weighted by atomic mass is 10.4. The normalized spacial score (nSPS) is 10.5. The summed E-state index contributed by atoms with van der Waals surface area (Å²) in [5, 5.41) is 5.50. The summed E-state index contributed by atoms with van der Waals surface area (Å²) < 4.78 is 1.95. The fraction of sp³-hybridized carbons (Fsp3) is 0.417. The molecule has 0 aliphatic heterocycles. The van der Waals surface area contributed by atoms with Gasteiger partial charge in [0.1, 0.15) is 5.69 Å². The molecule has 0 bridgehead atoms. The van der Waals surface area contributed by atoms with Crippen molar-refractivity contribution in [3.05, 3.63) is 28.0 Å². The highest BCUT2D eigenvalue weighted by Gasteiger charge is 2.12. The van der Waals surface area contributed by atoms with Crippen molar-refractivity contribution in [2.75, 3.05) is 19.0 Å². The maximum atomic E-state index is 11.9. The molecule has 0 atom stereocenters. The third-order valence-electron chi connectivity index (χ3n) is 2.74. The van der Waals surface area contributed by atoms with Crippen LogP contribution in [0.1, 0.15) is 21.2 Å². The first-order chi connectivity index (χ1) is 8.99. The Morgan fingerprint density at radius 2 is 2.26 bits per heavy atom. The molecule has 2 aromatic rings. The zero-order valence-electron chi connectivity index (χ0n) is 11.5. The van der Waals surface area contributed by atoms with Crippen LogP contribution < -0.4 is 10.2 Å². The van der Waals surface area contributed by atoms with Crippen LogP contribution in [0.25, 0.3) is 0 Å². The van der Waals surface area contributed by atoms with Crippen LogP contribution in [0.4, 0.5) is 5.95 Å². The van der Waals surface area contributed by atoms with Crippen LogP contribution in [0, 0.1) is 6.92 Å². The first kappa shape index (κ1) is 13.5. The molecule has 0 aliphatic carbocycles. The summed E-state index contributed by atoms with van der Waals surface area (Å²) in [7, 11) is 5.79. The highest BCUT2D eigenvalue weighted by Crippen LogP contribution is 2.11. The zero-order chi connectivity index (χ0) is 14.0. The second-order valence-corrected chi connectivity index (χ2v) is 5.50. The van der Waals surface area contributed by atoms with Crippen molar-refractivity contribution >= 4 is 23.2 Å². The number of hydrogen-bond acceptors (Lipinski definition) is 5. The molecule has 1 amide bonds. The van der Waals surface area contributed by atoms with Crippen molar-refractivity contribution in [1.29, 1.82) is 0 Å². The molecule has 7 heteroatoms. The number of carbonyl (C=O) groups is 1. The number of aryl methyl sites for hydroxylation is 1. The van der Waals surface area contributed by atoms with E-state index in [4.69, 9.17) is 0 Å². The number of carbonyl (C=O) groups excluding carboxylic acids is 1. The van der Waals surface area contributed by atoms with Crippen LogP contribution in [0.2, 0.25) is 0 Å². The number of aromatic nitrogens is 3. The number of hydrogen-bond donors (Lipinski definition) is 1. The van der Waals surface area contributed by atoms with E-state index < -0.39 is 0 Å². The Morgan fingerprint density at radius 1 is 1.53 bits per heavy atom. The largest absolute Gasteiger partial charge is 0.348 e. The molecule has 0 aliphatic rings. The van der Waals surface area contributed by atoms with Crippen molar-refractivity contribution in [3.63, 3.8) is 0 Å². The molecule has 6 nitrogen and oxygen atoms in total. The summed E-state index contributed by atoms with van der Waals surface area (Å²) in [6.45, 7) is 2.32. The lowest BCUT2D eigenvalue weighted by molar-refractivity contribution is 0.0945. The number of amides is 1. The summed E-state index contributed by atoms with van der Waals surface area (Å²) in [5.41, 5.74) is 1.42. The molecule has 0 spiro atoms. The molecular formula is C12H17N5OS. The number of nitrogens with zero attached hydrogens (tertiary/aromatic N) is 4. The van der Waals surface area contributed by atoms with E-state index in [2.05, 4.69) is 15.3 Å². The van der Waals surface area contributed by atoms with E-state index in [9.17, 15) is 4.79 Å². The molecule has 0 saturated carbocycles. The van der Waals surface area contributed by atoms with Gasteiger partial charge in [-0.05, 0) is 6.92 Å². The summed E-state index contributed by atoms with van der Waals surface area (Å²) in [4.78, 5) is 22.3. The molecule has 2 heterocycles. The minimum Gasteiger partial charge on any atom is -0.348 e. The van der Waals surface area contributed by atoms with Crippen molar-refractivity contribution in [1.82, 2.24) is 19.9 Å². The van der Waals surface area contributed by atoms with Gasteiger partial charge in [-0.25, -0.2) is 9.97 Å². The topological polar surface area (TPSA) is 63.1 Å². The van der Waals surface area contributed by atoms with Crippen molar-refractivity contribution in [2.24, 2.45) is 7.05 Å². The van der Waals surface area contributed by atoms with E-state index in [1.165, 1.54) is 11.3 Å². The average molecular weight is 279 g/mol. The van der Waals surface area contributed by atoms with Crippen molar-refractivity contribution in [3.8, 4) is 0 Å². The molecule has 2 rings (SSSR count). The minimum atomic E-state index is -0.156. The molecule has 0 saturated heterocycles. The second-order valence-electron chi connectivity index (χ2n) is 4.44. The van der Waals surface area contributed by atoms with Crippen LogP contribution >= 0.6 is 11.3 Å². The van der Waals surface area contributed by atoms with Crippen LogP contribution in [0.3, 0.4) is 0 Å². The van der Waals surface area contributed by atoms with E-state index in [1.807, 2.05) is 37.5 Å². The Hall–Kier alpha value is -1.89. The van der Waals surface area contributed by atoms with Gasteiger partial charge in [0.25, 0.3) is 5.91 Å². The number of thiazole rings is 1. The Balaban J connectivity index is 2.01. The monoisotopic (exact) mass is 279 g/mol. The average Bonchev–Trinajstić information content (AvgIpc) is 2.93. The zero-order valence-corrected chi connectivity index (χ0v) is 12.3. The van der Waals surface area contributed by atoms with Crippen LogP contribution in [-0.2, 0) is 13.6 Å². The third-order valence-corrected chi connectivity index (χ3v) is 3.52. The SMILES string of the molecule is Cc1nc(C(=O)NCc2cnc(N(C)C)n2C)cs1. The lowest BCUT2D eigenvalue weighted by Crippen LogP contribution is -2.24. The van der Waals surface area contributed by atoms with Gasteiger partial charge in [0, 0.05) is 26.5 Å². The highest BCUT2D eigenvalue weighted by atomic mass is 32.1. The molecule has 0 radical (unpaired) electrons. The summed E-state index contributed by atoms with van der Waals surface area (Å²) in [6, 6.07) is 0. The highest BCUT2D eigenvalue weighted by molar-refractivity contribution is 7.09. The Bertz CT molecular complexity index is 587. The Morgan fingerprint density at radius 3 is 2.79 bits per heavy atom. The standard InChI is InChI=1S/C12H17N5OS/c1-8-15-10(7-19-8)11(18)13-5-9-6-14-12(16(2)3)17(9)4/h6-7H,5H2,1-4H3,(H,13,18). The number of rotatable bonds is 4. The van der Waals surface area contributed by atoms with Gasteiger partial charge in [-0.3, -0.25) is 4.79 Å². The first-order valence-corrected chi connectivity index (χ1v) is 6.75.